The van der Waals surface area contributed by atoms with Crippen molar-refractivity contribution in [1.82, 2.24) is 4.98 Å². The van der Waals surface area contributed by atoms with Gasteiger partial charge in [0.15, 0.2) is 5.51 Å². The van der Waals surface area contributed by atoms with Crippen LogP contribution < -0.4 is 5.73 Å². The summed E-state index contributed by atoms with van der Waals surface area (Å²) in [6.45, 7) is 2.20. The first-order chi connectivity index (χ1) is 5.34. The number of rotatable bonds is 4. The number of anilines is 1. The maximum absolute atomic E-state index is 5.59. The molecule has 1 heterocycles. The van der Waals surface area contributed by atoms with E-state index in [0.717, 1.165) is 6.42 Å². The smallest absolute Gasteiger partial charge is 0.155 e. The minimum Gasteiger partial charge on any atom is -0.383 e. The highest BCUT2D eigenvalue weighted by Gasteiger charge is 2.00. The zero-order valence-corrected chi connectivity index (χ0v) is 7.58. The molecule has 1 aromatic heterocycles. The zero-order valence-electron chi connectivity index (χ0n) is 6.76. The van der Waals surface area contributed by atoms with Crippen molar-refractivity contribution in [2.24, 2.45) is 0 Å². The standard InChI is InChI=1S/C8H13N2S/c1-2-3-4-5-7-8(9)10-6-11-7/h2-5,9H2,1H3. The lowest BCUT2D eigenvalue weighted by atomic mass is 10.2. The average molecular weight is 169 g/mol. The van der Waals surface area contributed by atoms with E-state index in [1.54, 1.807) is 0 Å². The molecule has 1 radical (unpaired) electrons. The summed E-state index contributed by atoms with van der Waals surface area (Å²) >= 11 is 1.54. The van der Waals surface area contributed by atoms with Gasteiger partial charge in [-0.3, -0.25) is 0 Å². The van der Waals surface area contributed by atoms with Crippen LogP contribution >= 0.6 is 11.3 Å². The summed E-state index contributed by atoms with van der Waals surface area (Å²) in [5, 5.41) is 0. The Hall–Kier alpha value is -0.570. The van der Waals surface area contributed by atoms with Crippen molar-refractivity contribution >= 4 is 17.2 Å². The molecule has 0 atom stereocenters. The average Bonchev–Trinajstić information content (AvgIpc) is 2.37. The molecule has 0 amide bonds. The summed E-state index contributed by atoms with van der Waals surface area (Å²) in [7, 11) is 0. The maximum Gasteiger partial charge on any atom is 0.155 e. The van der Waals surface area contributed by atoms with Crippen molar-refractivity contribution in [3.8, 4) is 0 Å². The van der Waals surface area contributed by atoms with Gasteiger partial charge < -0.3 is 5.73 Å². The maximum atomic E-state index is 5.59. The van der Waals surface area contributed by atoms with E-state index in [1.165, 1.54) is 35.5 Å². The predicted octanol–water partition coefficient (Wildman–Crippen LogP) is 2.26. The highest BCUT2D eigenvalue weighted by Crippen LogP contribution is 2.17. The number of unbranched alkanes of at least 4 members (excludes halogenated alkanes) is 2. The molecule has 0 saturated heterocycles. The number of nitrogens with two attached hydrogens (primary N) is 1. The second-order valence-corrected chi connectivity index (χ2v) is 3.45. The largest absolute Gasteiger partial charge is 0.383 e. The van der Waals surface area contributed by atoms with Crippen LogP contribution in [0.5, 0.6) is 0 Å². The van der Waals surface area contributed by atoms with Gasteiger partial charge in [0.1, 0.15) is 5.82 Å². The number of hydrogen-bond donors (Lipinski definition) is 1. The van der Waals surface area contributed by atoms with E-state index in [0.29, 0.717) is 5.82 Å². The molecule has 0 aliphatic heterocycles. The molecule has 0 bridgehead atoms. The summed E-state index contributed by atoms with van der Waals surface area (Å²) in [5.41, 5.74) is 8.38. The molecule has 1 aromatic rings. The van der Waals surface area contributed by atoms with Crippen LogP contribution in [0, 0.1) is 5.51 Å². The van der Waals surface area contributed by atoms with Crippen molar-refractivity contribution in [1.29, 1.82) is 0 Å². The molecule has 0 fully saturated rings. The SMILES string of the molecule is CCCCCc1s[c]nc1N. The normalized spacial score (nSPS) is 10.3. The molecule has 1 rings (SSSR count). The molecule has 0 aliphatic rings. The Morgan fingerprint density at radius 2 is 2.36 bits per heavy atom. The number of nitrogen functional groups attached to an aromatic ring is 1. The minimum atomic E-state index is 0.672. The molecule has 11 heavy (non-hydrogen) atoms. The van der Waals surface area contributed by atoms with Crippen molar-refractivity contribution in [2.45, 2.75) is 32.6 Å². The van der Waals surface area contributed by atoms with Crippen LogP contribution in [0.1, 0.15) is 31.1 Å². The molecule has 0 saturated carbocycles. The Kier molecular flexibility index (Phi) is 3.36. The van der Waals surface area contributed by atoms with Crippen LogP contribution in [-0.4, -0.2) is 4.98 Å². The Morgan fingerprint density at radius 3 is 2.91 bits per heavy atom. The molecule has 0 spiro atoms. The quantitative estimate of drug-likeness (QED) is 0.702. The highest BCUT2D eigenvalue weighted by atomic mass is 32.1. The van der Waals surface area contributed by atoms with E-state index in [2.05, 4.69) is 17.4 Å². The lowest BCUT2D eigenvalue weighted by molar-refractivity contribution is 0.723. The van der Waals surface area contributed by atoms with Crippen LogP contribution in [0.25, 0.3) is 0 Å². The van der Waals surface area contributed by atoms with Gasteiger partial charge in [0, 0.05) is 4.88 Å². The topological polar surface area (TPSA) is 38.9 Å². The summed E-state index contributed by atoms with van der Waals surface area (Å²) in [6, 6.07) is 0. The fourth-order valence-electron chi connectivity index (χ4n) is 0.956. The third-order valence-corrected chi connectivity index (χ3v) is 2.47. The number of aryl methyl sites for hydroxylation is 1. The highest BCUT2D eigenvalue weighted by molar-refractivity contribution is 7.09. The monoisotopic (exact) mass is 169 g/mol. The second-order valence-electron chi connectivity index (χ2n) is 2.57. The van der Waals surface area contributed by atoms with Crippen LogP contribution in [0.2, 0.25) is 0 Å². The first-order valence-corrected chi connectivity index (χ1v) is 4.77. The van der Waals surface area contributed by atoms with Gasteiger partial charge in [0.25, 0.3) is 0 Å². The summed E-state index contributed by atoms with van der Waals surface area (Å²) in [6.07, 6.45) is 4.82. The van der Waals surface area contributed by atoms with E-state index in [-0.39, 0.29) is 0 Å². The molecule has 0 aromatic carbocycles. The molecule has 3 heteroatoms. The van der Waals surface area contributed by atoms with E-state index < -0.39 is 0 Å². The number of nitrogens with zero attached hydrogens (tertiary/aromatic N) is 1. The van der Waals surface area contributed by atoms with Crippen LogP contribution in [0.15, 0.2) is 0 Å². The Bertz CT molecular complexity index is 208. The molecule has 61 valence electrons. The van der Waals surface area contributed by atoms with Gasteiger partial charge in [0.2, 0.25) is 0 Å². The molecular formula is C8H13N2S. The van der Waals surface area contributed by atoms with Gasteiger partial charge in [-0.2, -0.15) is 0 Å². The van der Waals surface area contributed by atoms with Gasteiger partial charge in [-0.15, -0.1) is 11.3 Å². The molecule has 0 aliphatic carbocycles. The lowest BCUT2D eigenvalue weighted by Crippen LogP contribution is -1.90. The van der Waals surface area contributed by atoms with Crippen LogP contribution in [-0.2, 0) is 6.42 Å². The molecule has 2 nitrogen and oxygen atoms in total. The van der Waals surface area contributed by atoms with E-state index in [4.69, 9.17) is 5.73 Å². The first-order valence-electron chi connectivity index (χ1n) is 3.95. The number of aromatic nitrogens is 1. The van der Waals surface area contributed by atoms with Crippen molar-refractivity contribution in [3.05, 3.63) is 10.4 Å². The predicted molar refractivity (Wildman–Crippen MR) is 48.6 cm³/mol. The third-order valence-electron chi connectivity index (χ3n) is 1.63. The summed E-state index contributed by atoms with van der Waals surface area (Å²) in [4.78, 5) is 5.06. The van der Waals surface area contributed by atoms with Crippen LogP contribution in [0.4, 0.5) is 5.82 Å². The van der Waals surface area contributed by atoms with Gasteiger partial charge in [0.05, 0.1) is 0 Å². The van der Waals surface area contributed by atoms with Gasteiger partial charge in [-0.25, -0.2) is 4.98 Å². The third kappa shape index (κ3) is 2.50. The van der Waals surface area contributed by atoms with Crippen LogP contribution in [0.3, 0.4) is 0 Å². The van der Waals surface area contributed by atoms with Gasteiger partial charge >= 0.3 is 0 Å². The van der Waals surface area contributed by atoms with E-state index >= 15 is 0 Å². The van der Waals surface area contributed by atoms with Crippen molar-refractivity contribution in [2.75, 3.05) is 5.73 Å². The Labute approximate surface area is 71.5 Å². The Balaban J connectivity index is 2.32. The molecular weight excluding hydrogens is 156 g/mol. The first kappa shape index (κ1) is 8.53. The van der Waals surface area contributed by atoms with E-state index in [1.807, 2.05) is 0 Å². The van der Waals surface area contributed by atoms with Crippen molar-refractivity contribution in [3.63, 3.8) is 0 Å². The number of hydrogen-bond acceptors (Lipinski definition) is 3. The molecule has 0 unspecified atom stereocenters. The molecule has 2 N–H and O–H groups in total. The van der Waals surface area contributed by atoms with E-state index in [9.17, 15) is 0 Å². The Morgan fingerprint density at radius 1 is 1.55 bits per heavy atom. The number of thiazole rings is 1. The fraction of sp³-hybridized carbons (Fsp3) is 0.625. The second kappa shape index (κ2) is 4.34. The van der Waals surface area contributed by atoms with Crippen molar-refractivity contribution < 1.29 is 0 Å². The lowest BCUT2D eigenvalue weighted by Gasteiger charge is -1.95. The minimum absolute atomic E-state index is 0.672. The zero-order chi connectivity index (χ0) is 8.10. The van der Waals surface area contributed by atoms with Gasteiger partial charge in [-0.05, 0) is 12.8 Å². The van der Waals surface area contributed by atoms with Gasteiger partial charge in [-0.1, -0.05) is 19.8 Å². The fourth-order valence-corrected chi connectivity index (χ4v) is 1.61. The summed E-state index contributed by atoms with van der Waals surface area (Å²) in [5.74, 6) is 0.672. The summed E-state index contributed by atoms with van der Waals surface area (Å²) < 4.78 is 0.